The molecule has 1 aromatic carbocycles. The van der Waals surface area contributed by atoms with E-state index in [4.69, 9.17) is 4.74 Å². The van der Waals surface area contributed by atoms with Crippen molar-refractivity contribution in [1.29, 1.82) is 0 Å². The van der Waals surface area contributed by atoms with Crippen molar-refractivity contribution >= 4 is 5.69 Å². The maximum Gasteiger partial charge on any atom is 0.422 e. The van der Waals surface area contributed by atoms with Crippen molar-refractivity contribution < 1.29 is 17.9 Å². The third-order valence-electron chi connectivity index (χ3n) is 3.98. The van der Waals surface area contributed by atoms with Gasteiger partial charge in [0.15, 0.2) is 6.61 Å². The van der Waals surface area contributed by atoms with E-state index in [1.165, 1.54) is 0 Å². The molecule has 3 unspecified atom stereocenters. The lowest BCUT2D eigenvalue weighted by Crippen LogP contribution is -2.43. The van der Waals surface area contributed by atoms with E-state index in [0.29, 0.717) is 23.6 Å². The number of fused-ring (bicyclic) bond motifs is 1. The molecule has 2 aliphatic rings. The lowest BCUT2D eigenvalue weighted by atomic mass is 9.71. The third-order valence-corrected chi connectivity index (χ3v) is 3.98. The van der Waals surface area contributed by atoms with Crippen LogP contribution in [0.4, 0.5) is 18.9 Å². The topological polar surface area (TPSA) is 21.3 Å². The number of hydrogen-bond donors (Lipinski definition) is 1. The van der Waals surface area contributed by atoms with Crippen LogP contribution in [0.3, 0.4) is 0 Å². The van der Waals surface area contributed by atoms with Gasteiger partial charge >= 0.3 is 6.18 Å². The molecule has 0 heterocycles. The highest BCUT2D eigenvalue weighted by atomic mass is 19.4. The number of nitrogens with one attached hydrogen (secondary N) is 1. The first-order valence-corrected chi connectivity index (χ1v) is 6.75. The zero-order valence-electron chi connectivity index (χ0n) is 10.9. The van der Waals surface area contributed by atoms with Crippen molar-refractivity contribution in [1.82, 2.24) is 0 Å². The number of rotatable bonds is 4. The molecule has 0 spiro atoms. The summed E-state index contributed by atoms with van der Waals surface area (Å²) in [5.74, 6) is 1.47. The SMILES string of the molecule is FC(F)(F)COc1ccccc1NC1CC2CC=CC21. The van der Waals surface area contributed by atoms with Crippen LogP contribution in [0, 0.1) is 11.8 Å². The number of allylic oxidation sites excluding steroid dienone is 1. The van der Waals surface area contributed by atoms with Gasteiger partial charge in [-0.2, -0.15) is 13.2 Å². The summed E-state index contributed by atoms with van der Waals surface area (Å²) < 4.78 is 41.6. The molecule has 0 amide bonds. The van der Waals surface area contributed by atoms with Gasteiger partial charge in [-0.05, 0) is 30.9 Å². The Kier molecular flexibility index (Phi) is 3.36. The van der Waals surface area contributed by atoms with Gasteiger partial charge in [-0.15, -0.1) is 0 Å². The molecule has 2 aliphatic carbocycles. The van der Waals surface area contributed by atoms with Crippen LogP contribution in [0.2, 0.25) is 0 Å². The van der Waals surface area contributed by atoms with Gasteiger partial charge in [-0.25, -0.2) is 0 Å². The Bertz CT molecular complexity index is 512. The normalized spacial score (nSPS) is 27.9. The van der Waals surface area contributed by atoms with E-state index in [0.717, 1.165) is 12.8 Å². The Labute approximate surface area is 115 Å². The molecule has 3 atom stereocenters. The fourth-order valence-corrected chi connectivity index (χ4v) is 2.95. The molecule has 1 aromatic rings. The number of benzene rings is 1. The zero-order valence-corrected chi connectivity index (χ0v) is 10.9. The molecule has 0 bridgehead atoms. The van der Waals surface area contributed by atoms with Crippen LogP contribution in [0.5, 0.6) is 5.75 Å². The minimum Gasteiger partial charge on any atom is -0.482 e. The van der Waals surface area contributed by atoms with E-state index in [1.807, 2.05) is 0 Å². The van der Waals surface area contributed by atoms with E-state index in [1.54, 1.807) is 24.3 Å². The van der Waals surface area contributed by atoms with Gasteiger partial charge in [0.2, 0.25) is 0 Å². The first-order chi connectivity index (χ1) is 9.53. The smallest absolute Gasteiger partial charge is 0.422 e. The molecule has 1 N–H and O–H groups in total. The lowest BCUT2D eigenvalue weighted by molar-refractivity contribution is -0.153. The monoisotopic (exact) mass is 283 g/mol. The second kappa shape index (κ2) is 5.04. The Morgan fingerprint density at radius 3 is 2.80 bits per heavy atom. The summed E-state index contributed by atoms with van der Waals surface area (Å²) in [6.07, 6.45) is 2.25. The van der Waals surface area contributed by atoms with Crippen LogP contribution in [0.15, 0.2) is 36.4 Å². The zero-order chi connectivity index (χ0) is 14.2. The molecule has 3 rings (SSSR count). The van der Waals surface area contributed by atoms with E-state index in [2.05, 4.69) is 17.5 Å². The molecule has 0 aliphatic heterocycles. The number of halogens is 3. The lowest BCUT2D eigenvalue weighted by Gasteiger charge is -2.41. The molecule has 0 radical (unpaired) electrons. The fourth-order valence-electron chi connectivity index (χ4n) is 2.95. The summed E-state index contributed by atoms with van der Waals surface area (Å²) in [5, 5.41) is 3.31. The highest BCUT2D eigenvalue weighted by Gasteiger charge is 2.41. The quantitative estimate of drug-likeness (QED) is 0.843. The second-order valence-electron chi connectivity index (χ2n) is 5.39. The van der Waals surface area contributed by atoms with E-state index >= 15 is 0 Å². The number of para-hydroxylation sites is 2. The van der Waals surface area contributed by atoms with Crippen molar-refractivity contribution in [3.8, 4) is 5.75 Å². The van der Waals surface area contributed by atoms with E-state index < -0.39 is 12.8 Å². The largest absolute Gasteiger partial charge is 0.482 e. The predicted molar refractivity (Wildman–Crippen MR) is 70.8 cm³/mol. The minimum absolute atomic E-state index is 0.259. The molecule has 20 heavy (non-hydrogen) atoms. The van der Waals surface area contributed by atoms with Gasteiger partial charge in [0.1, 0.15) is 5.75 Å². The van der Waals surface area contributed by atoms with Crippen molar-refractivity contribution in [2.75, 3.05) is 11.9 Å². The maximum absolute atomic E-state index is 12.2. The average Bonchev–Trinajstić information content (AvgIpc) is 2.75. The van der Waals surface area contributed by atoms with Crippen LogP contribution >= 0.6 is 0 Å². The summed E-state index contributed by atoms with van der Waals surface area (Å²) in [7, 11) is 0. The van der Waals surface area contributed by atoms with Gasteiger partial charge in [0, 0.05) is 12.0 Å². The van der Waals surface area contributed by atoms with Gasteiger partial charge in [0.25, 0.3) is 0 Å². The van der Waals surface area contributed by atoms with E-state index in [-0.39, 0.29) is 5.75 Å². The molecule has 2 nitrogen and oxygen atoms in total. The average molecular weight is 283 g/mol. The Morgan fingerprint density at radius 2 is 2.05 bits per heavy atom. The highest BCUT2D eigenvalue weighted by Crippen LogP contribution is 2.44. The molecule has 1 saturated carbocycles. The maximum atomic E-state index is 12.2. The summed E-state index contributed by atoms with van der Waals surface area (Å²) in [4.78, 5) is 0. The Morgan fingerprint density at radius 1 is 1.25 bits per heavy atom. The first kappa shape index (κ1) is 13.3. The summed E-state index contributed by atoms with van der Waals surface area (Å²) >= 11 is 0. The Balaban J connectivity index is 1.65. The van der Waals surface area contributed by atoms with Crippen molar-refractivity contribution in [3.63, 3.8) is 0 Å². The predicted octanol–water partition coefficient (Wildman–Crippen LogP) is 4.00. The first-order valence-electron chi connectivity index (χ1n) is 6.75. The van der Waals surface area contributed by atoms with Crippen molar-refractivity contribution in [2.24, 2.45) is 11.8 Å². The van der Waals surface area contributed by atoms with Gasteiger partial charge in [-0.3, -0.25) is 0 Å². The number of anilines is 1. The van der Waals surface area contributed by atoms with Crippen LogP contribution < -0.4 is 10.1 Å². The minimum atomic E-state index is -4.32. The summed E-state index contributed by atoms with van der Waals surface area (Å²) in [5.41, 5.74) is 0.639. The van der Waals surface area contributed by atoms with Gasteiger partial charge in [-0.1, -0.05) is 24.3 Å². The number of alkyl halides is 3. The van der Waals surface area contributed by atoms with Crippen molar-refractivity contribution in [2.45, 2.75) is 25.1 Å². The van der Waals surface area contributed by atoms with Crippen molar-refractivity contribution in [3.05, 3.63) is 36.4 Å². The molecular weight excluding hydrogens is 267 g/mol. The summed E-state index contributed by atoms with van der Waals surface area (Å²) in [6, 6.07) is 7.10. The standard InChI is InChI=1S/C15H16F3NO/c16-15(17,18)9-20-14-7-2-1-6-12(14)19-13-8-10-4-3-5-11(10)13/h1-3,5-7,10-11,13,19H,4,8-9H2. The fraction of sp³-hybridized carbons (Fsp3) is 0.467. The molecule has 0 saturated heterocycles. The van der Waals surface area contributed by atoms with E-state index in [9.17, 15) is 13.2 Å². The molecule has 1 fully saturated rings. The van der Waals surface area contributed by atoms with Gasteiger partial charge in [0.05, 0.1) is 5.69 Å². The second-order valence-corrected chi connectivity index (χ2v) is 5.39. The summed E-state index contributed by atoms with van der Waals surface area (Å²) in [6.45, 7) is -1.26. The molecule has 0 aromatic heterocycles. The van der Waals surface area contributed by atoms with Crippen LogP contribution in [-0.4, -0.2) is 18.8 Å². The highest BCUT2D eigenvalue weighted by molar-refractivity contribution is 5.57. The third kappa shape index (κ3) is 2.76. The number of hydrogen-bond acceptors (Lipinski definition) is 2. The molecular formula is C15H16F3NO. The Hall–Kier alpha value is -1.65. The van der Waals surface area contributed by atoms with Crippen LogP contribution in [-0.2, 0) is 0 Å². The molecule has 5 heteroatoms. The molecule has 108 valence electrons. The van der Waals surface area contributed by atoms with Crippen LogP contribution in [0.25, 0.3) is 0 Å². The van der Waals surface area contributed by atoms with Gasteiger partial charge < -0.3 is 10.1 Å². The van der Waals surface area contributed by atoms with Crippen LogP contribution in [0.1, 0.15) is 12.8 Å². The number of ether oxygens (including phenoxy) is 1.